The molecule has 6 heteroatoms. The monoisotopic (exact) mass is 533 g/mol. The van der Waals surface area contributed by atoms with E-state index in [9.17, 15) is 9.18 Å². The number of benzene rings is 3. The van der Waals surface area contributed by atoms with Crippen LogP contribution < -0.4 is 9.47 Å². The van der Waals surface area contributed by atoms with E-state index in [-0.39, 0.29) is 12.2 Å². The molecule has 5 nitrogen and oxygen atoms in total. The molecule has 0 spiro atoms. The molecule has 1 aliphatic carbocycles. The van der Waals surface area contributed by atoms with Crippen LogP contribution in [0.4, 0.5) is 4.39 Å². The minimum absolute atomic E-state index is 0.0873. The molecule has 1 N–H and O–H groups in total. The van der Waals surface area contributed by atoms with Crippen molar-refractivity contribution >= 4 is 5.97 Å². The lowest BCUT2D eigenvalue weighted by atomic mass is 9.96. The third-order valence-corrected chi connectivity index (χ3v) is 7.49. The molecule has 1 aliphatic heterocycles. The van der Waals surface area contributed by atoms with Crippen molar-refractivity contribution < 1.29 is 23.8 Å². The van der Waals surface area contributed by atoms with Crippen LogP contribution in [-0.4, -0.2) is 35.7 Å². The van der Waals surface area contributed by atoms with Crippen LogP contribution in [0.3, 0.4) is 0 Å². The van der Waals surface area contributed by atoms with Gasteiger partial charge in [-0.2, -0.15) is 0 Å². The van der Waals surface area contributed by atoms with Gasteiger partial charge in [-0.3, -0.25) is 9.69 Å². The third kappa shape index (κ3) is 8.56. The van der Waals surface area contributed by atoms with Crippen molar-refractivity contribution in [3.63, 3.8) is 0 Å². The van der Waals surface area contributed by atoms with Gasteiger partial charge >= 0.3 is 5.97 Å². The Balaban J connectivity index is 0.000000808. The number of ether oxygens (including phenoxy) is 2. The van der Waals surface area contributed by atoms with Crippen molar-refractivity contribution in [1.82, 2.24) is 4.90 Å². The standard InChI is InChI=1S/C29H32FNO4.C4H8/c1-20-5-4-14-31(20)18-23-15-22(8-11-26(23)27-17-24(34-2)10-12-28(27)30)19-35-25-7-3-6-21(16-25)9-13-29(32)33;1-4-2-3-4/h3,6-8,10-12,15-17,20H,4-5,9,13-14,18-19H2,1-2H3,(H,32,33);4H,2-3H2,1H3. The number of carbonyl (C=O) groups is 1. The highest BCUT2D eigenvalue weighted by Gasteiger charge is 2.22. The largest absolute Gasteiger partial charge is 0.497 e. The Bertz CT molecular complexity index is 1260. The number of aliphatic carboxylic acids is 1. The number of hydrogen-bond acceptors (Lipinski definition) is 4. The molecular formula is C33H40FNO4. The smallest absolute Gasteiger partial charge is 0.303 e. The number of rotatable bonds is 10. The number of carboxylic acid groups (broad SMARTS) is 1. The van der Waals surface area contributed by atoms with E-state index < -0.39 is 5.97 Å². The summed E-state index contributed by atoms with van der Waals surface area (Å²) in [5.41, 5.74) is 4.37. The Labute approximate surface area is 231 Å². The maximum Gasteiger partial charge on any atom is 0.303 e. The van der Waals surface area contributed by atoms with Gasteiger partial charge in [-0.05, 0) is 91.2 Å². The first kappa shape index (κ1) is 28.6. The minimum atomic E-state index is -0.816. The van der Waals surface area contributed by atoms with Crippen LogP contribution in [0.25, 0.3) is 11.1 Å². The summed E-state index contributed by atoms with van der Waals surface area (Å²) >= 11 is 0. The quantitative estimate of drug-likeness (QED) is 0.292. The van der Waals surface area contributed by atoms with E-state index >= 15 is 0 Å². The lowest BCUT2D eigenvalue weighted by Crippen LogP contribution is -2.26. The van der Waals surface area contributed by atoms with E-state index in [4.69, 9.17) is 14.6 Å². The first-order valence-corrected chi connectivity index (χ1v) is 14.0. The topological polar surface area (TPSA) is 59.0 Å². The number of likely N-dealkylation sites (tertiary alicyclic amines) is 1. The summed E-state index contributed by atoms with van der Waals surface area (Å²) in [6, 6.07) is 18.9. The molecule has 1 saturated carbocycles. The summed E-state index contributed by atoms with van der Waals surface area (Å²) in [5.74, 6) is 1.31. The second-order valence-corrected chi connectivity index (χ2v) is 10.8. The van der Waals surface area contributed by atoms with Gasteiger partial charge in [0.1, 0.15) is 23.9 Å². The molecule has 1 heterocycles. The van der Waals surface area contributed by atoms with Crippen molar-refractivity contribution in [3.05, 3.63) is 83.2 Å². The Kier molecular flexibility index (Phi) is 9.99. The molecule has 2 fully saturated rings. The summed E-state index contributed by atoms with van der Waals surface area (Å²) in [6.07, 6.45) is 5.87. The molecule has 1 saturated heterocycles. The predicted molar refractivity (Wildman–Crippen MR) is 153 cm³/mol. The van der Waals surface area contributed by atoms with Gasteiger partial charge in [0.05, 0.1) is 7.11 Å². The zero-order valence-electron chi connectivity index (χ0n) is 23.3. The number of halogens is 1. The van der Waals surface area contributed by atoms with Crippen LogP contribution in [0.15, 0.2) is 60.7 Å². The van der Waals surface area contributed by atoms with Crippen molar-refractivity contribution in [2.45, 2.75) is 71.6 Å². The van der Waals surface area contributed by atoms with Crippen molar-refractivity contribution in [3.8, 4) is 22.6 Å². The van der Waals surface area contributed by atoms with Gasteiger partial charge in [0, 0.05) is 24.6 Å². The van der Waals surface area contributed by atoms with E-state index in [0.29, 0.717) is 36.1 Å². The Morgan fingerprint density at radius 1 is 0.974 bits per heavy atom. The van der Waals surface area contributed by atoms with Crippen molar-refractivity contribution in [2.24, 2.45) is 5.92 Å². The second-order valence-electron chi connectivity index (χ2n) is 10.8. The highest BCUT2D eigenvalue weighted by molar-refractivity contribution is 5.70. The maximum atomic E-state index is 14.9. The molecule has 39 heavy (non-hydrogen) atoms. The molecule has 0 amide bonds. The molecule has 0 aromatic heterocycles. The zero-order chi connectivity index (χ0) is 27.8. The summed E-state index contributed by atoms with van der Waals surface area (Å²) in [7, 11) is 1.58. The summed E-state index contributed by atoms with van der Waals surface area (Å²) in [5, 5.41) is 8.93. The van der Waals surface area contributed by atoms with E-state index in [1.807, 2.05) is 36.4 Å². The lowest BCUT2D eigenvalue weighted by molar-refractivity contribution is -0.136. The number of nitrogens with zero attached hydrogens (tertiary/aromatic N) is 1. The van der Waals surface area contributed by atoms with E-state index in [1.54, 1.807) is 19.2 Å². The van der Waals surface area contributed by atoms with Crippen LogP contribution in [0.2, 0.25) is 0 Å². The normalized spacial score (nSPS) is 16.9. The second kappa shape index (κ2) is 13.6. The van der Waals surface area contributed by atoms with Gasteiger partial charge in [-0.15, -0.1) is 0 Å². The Morgan fingerprint density at radius 2 is 1.77 bits per heavy atom. The Hall–Kier alpha value is -3.38. The predicted octanol–water partition coefficient (Wildman–Crippen LogP) is 7.50. The molecule has 3 aromatic rings. The molecule has 0 radical (unpaired) electrons. The summed E-state index contributed by atoms with van der Waals surface area (Å²) in [4.78, 5) is 13.3. The molecule has 3 aromatic carbocycles. The van der Waals surface area contributed by atoms with E-state index in [0.717, 1.165) is 41.3 Å². The highest BCUT2D eigenvalue weighted by atomic mass is 19.1. The van der Waals surface area contributed by atoms with Gasteiger partial charge in [-0.1, -0.05) is 50.1 Å². The number of aryl methyl sites for hydroxylation is 1. The maximum absolute atomic E-state index is 14.9. The van der Waals surface area contributed by atoms with Gasteiger partial charge in [-0.25, -0.2) is 4.39 Å². The highest BCUT2D eigenvalue weighted by Crippen LogP contribution is 2.33. The molecular weight excluding hydrogens is 493 g/mol. The minimum Gasteiger partial charge on any atom is -0.497 e. The molecule has 5 rings (SSSR count). The van der Waals surface area contributed by atoms with Gasteiger partial charge in [0.2, 0.25) is 0 Å². The van der Waals surface area contributed by atoms with Crippen molar-refractivity contribution in [2.75, 3.05) is 13.7 Å². The molecule has 1 unspecified atom stereocenters. The van der Waals surface area contributed by atoms with Crippen LogP contribution >= 0.6 is 0 Å². The van der Waals surface area contributed by atoms with E-state index in [1.165, 1.54) is 31.7 Å². The van der Waals surface area contributed by atoms with Gasteiger partial charge < -0.3 is 14.6 Å². The van der Waals surface area contributed by atoms with Crippen LogP contribution in [0, 0.1) is 11.7 Å². The van der Waals surface area contributed by atoms with Crippen LogP contribution in [-0.2, 0) is 24.4 Å². The Morgan fingerprint density at radius 3 is 2.44 bits per heavy atom. The zero-order valence-corrected chi connectivity index (χ0v) is 23.3. The lowest BCUT2D eigenvalue weighted by Gasteiger charge is -2.23. The van der Waals surface area contributed by atoms with Gasteiger partial charge in [0.25, 0.3) is 0 Å². The fraction of sp³-hybridized carbons (Fsp3) is 0.424. The van der Waals surface area contributed by atoms with Crippen LogP contribution in [0.1, 0.15) is 62.6 Å². The summed E-state index contributed by atoms with van der Waals surface area (Å²) < 4.78 is 26.2. The molecule has 1 atom stereocenters. The molecule has 208 valence electrons. The third-order valence-electron chi connectivity index (χ3n) is 7.49. The molecule has 0 bridgehead atoms. The van der Waals surface area contributed by atoms with E-state index in [2.05, 4.69) is 24.8 Å². The summed E-state index contributed by atoms with van der Waals surface area (Å²) in [6.45, 7) is 6.66. The average Bonchev–Trinajstić information content (AvgIpc) is 3.62. The van der Waals surface area contributed by atoms with Crippen LogP contribution in [0.5, 0.6) is 11.5 Å². The first-order chi connectivity index (χ1) is 18.8. The molecule has 2 aliphatic rings. The SMILES string of the molecule is CC1CC1.COc1ccc(F)c(-c2ccc(COc3cccc(CCC(=O)O)c3)cc2CN2CCCC2C)c1. The first-order valence-electron chi connectivity index (χ1n) is 14.0. The van der Waals surface area contributed by atoms with Crippen molar-refractivity contribution in [1.29, 1.82) is 0 Å². The fourth-order valence-corrected chi connectivity index (χ4v) is 4.79. The average molecular weight is 534 g/mol. The fourth-order valence-electron chi connectivity index (χ4n) is 4.79. The number of carboxylic acids is 1. The number of hydrogen-bond donors (Lipinski definition) is 1. The number of methoxy groups -OCH3 is 1. The van der Waals surface area contributed by atoms with Gasteiger partial charge in [0.15, 0.2) is 0 Å².